The zero-order chi connectivity index (χ0) is 10.7. The maximum atomic E-state index is 5.21. The lowest BCUT2D eigenvalue weighted by Crippen LogP contribution is -2.04. The quantitative estimate of drug-likeness (QED) is 0.824. The second-order valence-electron chi connectivity index (χ2n) is 3.58. The molecule has 0 amide bonds. The van der Waals surface area contributed by atoms with E-state index >= 15 is 0 Å². The summed E-state index contributed by atoms with van der Waals surface area (Å²) < 4.78 is 5.21. The zero-order valence-corrected chi connectivity index (χ0v) is 9.08. The predicted octanol–water partition coefficient (Wildman–Crippen LogP) is 2.57. The fraction of sp³-hybridized carbons (Fsp3) is 0.231. The molecule has 0 saturated heterocycles. The Kier molecular flexibility index (Phi) is 2.88. The molecule has 2 nitrogen and oxygen atoms in total. The summed E-state index contributed by atoms with van der Waals surface area (Å²) in [6.07, 6.45) is 0. The standard InChI is InChI=1S/C13H15NO/c1-14-9-10-3-4-11-5-6-13(15-2)8-12(11)7-10/h3-8,14H,9H2,1-2H3. The van der Waals surface area contributed by atoms with Gasteiger partial charge in [-0.05, 0) is 41.6 Å². The summed E-state index contributed by atoms with van der Waals surface area (Å²) in [6.45, 7) is 0.896. The van der Waals surface area contributed by atoms with Crippen molar-refractivity contribution in [2.24, 2.45) is 0 Å². The minimum absolute atomic E-state index is 0.896. The van der Waals surface area contributed by atoms with Crippen LogP contribution in [-0.2, 0) is 6.54 Å². The van der Waals surface area contributed by atoms with Crippen LogP contribution >= 0.6 is 0 Å². The number of methoxy groups -OCH3 is 1. The van der Waals surface area contributed by atoms with E-state index in [4.69, 9.17) is 4.74 Å². The molecule has 0 aliphatic heterocycles. The van der Waals surface area contributed by atoms with E-state index in [-0.39, 0.29) is 0 Å². The summed E-state index contributed by atoms with van der Waals surface area (Å²) in [4.78, 5) is 0. The second kappa shape index (κ2) is 4.32. The summed E-state index contributed by atoms with van der Waals surface area (Å²) >= 11 is 0. The highest BCUT2D eigenvalue weighted by atomic mass is 16.5. The molecule has 78 valence electrons. The molecule has 2 heteroatoms. The Morgan fingerprint density at radius 1 is 1.07 bits per heavy atom. The van der Waals surface area contributed by atoms with Gasteiger partial charge in [0, 0.05) is 6.54 Å². The lowest BCUT2D eigenvalue weighted by molar-refractivity contribution is 0.415. The molecule has 0 fully saturated rings. The van der Waals surface area contributed by atoms with Crippen molar-refractivity contribution in [3.8, 4) is 5.75 Å². The molecule has 0 aliphatic rings. The Balaban J connectivity index is 2.48. The van der Waals surface area contributed by atoms with Crippen LogP contribution in [0.3, 0.4) is 0 Å². The van der Waals surface area contributed by atoms with Gasteiger partial charge in [0.15, 0.2) is 0 Å². The van der Waals surface area contributed by atoms with Crippen molar-refractivity contribution in [3.63, 3.8) is 0 Å². The lowest BCUT2D eigenvalue weighted by Gasteiger charge is -2.05. The highest BCUT2D eigenvalue weighted by molar-refractivity contribution is 5.84. The van der Waals surface area contributed by atoms with Gasteiger partial charge in [-0.25, -0.2) is 0 Å². The summed E-state index contributed by atoms with van der Waals surface area (Å²) in [5.41, 5.74) is 1.29. The van der Waals surface area contributed by atoms with Gasteiger partial charge in [-0.3, -0.25) is 0 Å². The average molecular weight is 201 g/mol. The summed E-state index contributed by atoms with van der Waals surface area (Å²) in [5.74, 6) is 0.907. The van der Waals surface area contributed by atoms with Crippen LogP contribution in [0.25, 0.3) is 10.8 Å². The van der Waals surface area contributed by atoms with Crippen molar-refractivity contribution < 1.29 is 4.74 Å². The molecular formula is C13H15NO. The fourth-order valence-corrected chi connectivity index (χ4v) is 1.72. The highest BCUT2D eigenvalue weighted by Crippen LogP contribution is 2.21. The maximum absolute atomic E-state index is 5.21. The van der Waals surface area contributed by atoms with Crippen molar-refractivity contribution in [1.82, 2.24) is 5.32 Å². The normalized spacial score (nSPS) is 10.5. The second-order valence-corrected chi connectivity index (χ2v) is 3.58. The topological polar surface area (TPSA) is 21.3 Å². The molecule has 0 atom stereocenters. The van der Waals surface area contributed by atoms with Gasteiger partial charge in [-0.1, -0.05) is 18.2 Å². The molecule has 15 heavy (non-hydrogen) atoms. The van der Waals surface area contributed by atoms with E-state index in [9.17, 15) is 0 Å². The Morgan fingerprint density at radius 2 is 1.87 bits per heavy atom. The number of hydrogen-bond acceptors (Lipinski definition) is 2. The molecule has 0 bridgehead atoms. The van der Waals surface area contributed by atoms with Crippen LogP contribution in [0.15, 0.2) is 36.4 Å². The Morgan fingerprint density at radius 3 is 2.60 bits per heavy atom. The molecule has 0 aromatic heterocycles. The number of rotatable bonds is 3. The molecule has 0 heterocycles. The molecular weight excluding hydrogens is 186 g/mol. The maximum Gasteiger partial charge on any atom is 0.119 e. The first-order valence-electron chi connectivity index (χ1n) is 5.05. The third-order valence-electron chi connectivity index (χ3n) is 2.49. The van der Waals surface area contributed by atoms with Crippen LogP contribution < -0.4 is 10.1 Å². The van der Waals surface area contributed by atoms with E-state index in [1.54, 1.807) is 7.11 Å². The van der Waals surface area contributed by atoms with Gasteiger partial charge in [0.05, 0.1) is 7.11 Å². The molecule has 2 rings (SSSR count). The van der Waals surface area contributed by atoms with Crippen LogP contribution in [0.5, 0.6) is 5.75 Å². The number of hydrogen-bond donors (Lipinski definition) is 1. The zero-order valence-electron chi connectivity index (χ0n) is 9.08. The minimum Gasteiger partial charge on any atom is -0.497 e. The van der Waals surface area contributed by atoms with Crippen LogP contribution in [0.1, 0.15) is 5.56 Å². The first-order valence-corrected chi connectivity index (χ1v) is 5.05. The van der Waals surface area contributed by atoms with Crippen molar-refractivity contribution in [1.29, 1.82) is 0 Å². The van der Waals surface area contributed by atoms with Gasteiger partial charge in [0.1, 0.15) is 5.75 Å². The molecule has 1 N–H and O–H groups in total. The van der Waals surface area contributed by atoms with Crippen LogP contribution in [0.4, 0.5) is 0 Å². The third kappa shape index (κ3) is 2.10. The Bertz CT molecular complexity index is 465. The van der Waals surface area contributed by atoms with Crippen molar-refractivity contribution in [2.75, 3.05) is 14.2 Å². The molecule has 0 unspecified atom stereocenters. The molecule has 2 aromatic rings. The molecule has 0 saturated carbocycles. The molecule has 0 radical (unpaired) electrons. The van der Waals surface area contributed by atoms with E-state index in [0.29, 0.717) is 0 Å². The van der Waals surface area contributed by atoms with E-state index in [1.807, 2.05) is 13.1 Å². The minimum atomic E-state index is 0.896. The predicted molar refractivity (Wildman–Crippen MR) is 63.3 cm³/mol. The largest absolute Gasteiger partial charge is 0.497 e. The van der Waals surface area contributed by atoms with Gasteiger partial charge in [0.2, 0.25) is 0 Å². The number of fused-ring (bicyclic) bond motifs is 1. The highest BCUT2D eigenvalue weighted by Gasteiger charge is 1.97. The van der Waals surface area contributed by atoms with Crippen LogP contribution in [-0.4, -0.2) is 14.2 Å². The molecule has 0 spiro atoms. The number of ether oxygens (including phenoxy) is 1. The monoisotopic (exact) mass is 201 g/mol. The SMILES string of the molecule is CNCc1ccc2ccc(OC)cc2c1. The van der Waals surface area contributed by atoms with Gasteiger partial charge in [-0.2, -0.15) is 0 Å². The average Bonchev–Trinajstić information content (AvgIpc) is 2.28. The summed E-state index contributed by atoms with van der Waals surface area (Å²) in [7, 11) is 3.65. The first kappa shape index (κ1) is 9.99. The van der Waals surface area contributed by atoms with Crippen molar-refractivity contribution >= 4 is 10.8 Å². The Hall–Kier alpha value is -1.54. The lowest BCUT2D eigenvalue weighted by atomic mass is 10.1. The van der Waals surface area contributed by atoms with Crippen LogP contribution in [0, 0.1) is 0 Å². The van der Waals surface area contributed by atoms with Gasteiger partial charge < -0.3 is 10.1 Å². The van der Waals surface area contributed by atoms with Gasteiger partial charge in [-0.15, -0.1) is 0 Å². The van der Waals surface area contributed by atoms with Crippen LogP contribution in [0.2, 0.25) is 0 Å². The summed E-state index contributed by atoms with van der Waals surface area (Å²) in [6, 6.07) is 12.6. The van der Waals surface area contributed by atoms with Gasteiger partial charge in [0.25, 0.3) is 0 Å². The Labute approximate surface area is 89.9 Å². The first-order chi connectivity index (χ1) is 7.33. The van der Waals surface area contributed by atoms with E-state index < -0.39 is 0 Å². The van der Waals surface area contributed by atoms with E-state index in [0.717, 1.165) is 12.3 Å². The molecule has 0 aliphatic carbocycles. The smallest absolute Gasteiger partial charge is 0.119 e. The van der Waals surface area contributed by atoms with Crippen molar-refractivity contribution in [2.45, 2.75) is 6.54 Å². The molecule has 2 aromatic carbocycles. The van der Waals surface area contributed by atoms with E-state index in [2.05, 4.69) is 35.6 Å². The van der Waals surface area contributed by atoms with Gasteiger partial charge >= 0.3 is 0 Å². The third-order valence-corrected chi connectivity index (χ3v) is 2.49. The summed E-state index contributed by atoms with van der Waals surface area (Å²) in [5, 5.41) is 5.62. The van der Waals surface area contributed by atoms with Crippen molar-refractivity contribution in [3.05, 3.63) is 42.0 Å². The number of benzene rings is 2. The number of nitrogens with one attached hydrogen (secondary N) is 1. The fourth-order valence-electron chi connectivity index (χ4n) is 1.72. The van der Waals surface area contributed by atoms with E-state index in [1.165, 1.54) is 16.3 Å².